The molecule has 0 bridgehead atoms. The first kappa shape index (κ1) is 13.1. The first-order chi connectivity index (χ1) is 10.3. The minimum atomic E-state index is 0.154. The minimum absolute atomic E-state index is 0.154. The van der Waals surface area contributed by atoms with Gasteiger partial charge in [0.2, 0.25) is 0 Å². The Kier molecular flexibility index (Phi) is 3.53. The number of rotatable bonds is 4. The number of benzene rings is 2. The van der Waals surface area contributed by atoms with Gasteiger partial charge in [0.05, 0.1) is 18.2 Å². The summed E-state index contributed by atoms with van der Waals surface area (Å²) in [6.07, 6.45) is 2.33. The normalized spacial score (nSPS) is 10.4. The monoisotopic (exact) mass is 274 g/mol. The van der Waals surface area contributed by atoms with Crippen molar-refractivity contribution >= 4 is 16.7 Å². The number of carbonyl (C=O) groups is 1. The first-order valence-electron chi connectivity index (χ1n) is 6.81. The third kappa shape index (κ3) is 2.85. The zero-order chi connectivity index (χ0) is 14.7. The number of fused-ring (bicyclic) bond motifs is 1. The molecule has 3 nitrogen and oxygen atoms in total. The van der Waals surface area contributed by atoms with Gasteiger partial charge in [0.25, 0.3) is 0 Å². The maximum atomic E-state index is 12.2. The molecule has 0 saturated carbocycles. The summed E-state index contributed by atoms with van der Waals surface area (Å²) < 4.78 is 1.90. The number of carbonyl (C=O) groups excluding carboxylic acids is 1. The predicted octanol–water partition coefficient (Wildman–Crippen LogP) is 3.32. The van der Waals surface area contributed by atoms with Crippen molar-refractivity contribution in [3.05, 3.63) is 71.9 Å². The molecule has 102 valence electrons. The van der Waals surface area contributed by atoms with Gasteiger partial charge < -0.3 is 4.57 Å². The van der Waals surface area contributed by atoms with Crippen LogP contribution in [-0.4, -0.2) is 10.4 Å². The van der Waals surface area contributed by atoms with Crippen LogP contribution in [-0.2, 0) is 17.8 Å². The highest BCUT2D eigenvalue weighted by Crippen LogP contribution is 2.17. The van der Waals surface area contributed by atoms with Gasteiger partial charge in [-0.15, -0.1) is 0 Å². The number of hydrogen-bond acceptors (Lipinski definition) is 2. The molecule has 0 aliphatic carbocycles. The number of ketones is 1. The van der Waals surface area contributed by atoms with Crippen LogP contribution in [0.2, 0.25) is 0 Å². The molecule has 0 unspecified atom stereocenters. The average molecular weight is 274 g/mol. The van der Waals surface area contributed by atoms with E-state index < -0.39 is 0 Å². The Hall–Kier alpha value is -2.86. The summed E-state index contributed by atoms with van der Waals surface area (Å²) in [5.41, 5.74) is 2.56. The summed E-state index contributed by atoms with van der Waals surface area (Å²) in [7, 11) is 0. The van der Waals surface area contributed by atoms with Crippen molar-refractivity contribution in [1.29, 1.82) is 5.26 Å². The number of nitrogens with zero attached hydrogens (tertiary/aromatic N) is 2. The van der Waals surface area contributed by atoms with Gasteiger partial charge in [-0.05, 0) is 29.1 Å². The van der Waals surface area contributed by atoms with Crippen LogP contribution in [0, 0.1) is 11.3 Å². The molecule has 0 radical (unpaired) electrons. The van der Waals surface area contributed by atoms with Gasteiger partial charge in [-0.2, -0.15) is 5.26 Å². The predicted molar refractivity (Wildman–Crippen MR) is 81.8 cm³/mol. The zero-order valence-corrected chi connectivity index (χ0v) is 11.5. The summed E-state index contributed by atoms with van der Waals surface area (Å²) in [4.78, 5) is 12.2. The van der Waals surface area contributed by atoms with Crippen molar-refractivity contribution in [1.82, 2.24) is 4.57 Å². The van der Waals surface area contributed by atoms with Crippen molar-refractivity contribution in [2.75, 3.05) is 0 Å². The van der Waals surface area contributed by atoms with E-state index in [-0.39, 0.29) is 5.78 Å². The Morgan fingerprint density at radius 3 is 2.67 bits per heavy atom. The highest BCUT2D eigenvalue weighted by Gasteiger charge is 2.08. The third-order valence-corrected chi connectivity index (χ3v) is 3.49. The van der Waals surface area contributed by atoms with Gasteiger partial charge in [-0.3, -0.25) is 4.79 Å². The lowest BCUT2D eigenvalue weighted by atomic mass is 10.1. The molecule has 0 atom stereocenters. The van der Waals surface area contributed by atoms with E-state index >= 15 is 0 Å². The summed E-state index contributed by atoms with van der Waals surface area (Å²) >= 11 is 0. The van der Waals surface area contributed by atoms with Gasteiger partial charge in [-0.1, -0.05) is 36.4 Å². The van der Waals surface area contributed by atoms with Crippen LogP contribution in [0.3, 0.4) is 0 Å². The maximum absolute atomic E-state index is 12.2. The number of aromatic nitrogens is 1. The molecule has 0 aliphatic heterocycles. The molecule has 1 aromatic heterocycles. The van der Waals surface area contributed by atoms with Gasteiger partial charge >= 0.3 is 0 Å². The molecule has 0 N–H and O–H groups in total. The van der Waals surface area contributed by atoms with E-state index in [9.17, 15) is 4.79 Å². The van der Waals surface area contributed by atoms with E-state index in [1.54, 1.807) is 6.07 Å². The molecule has 0 aliphatic rings. The molecular formula is C18H14N2O. The van der Waals surface area contributed by atoms with Crippen molar-refractivity contribution in [2.24, 2.45) is 0 Å². The second-order valence-electron chi connectivity index (χ2n) is 5.03. The molecule has 0 saturated heterocycles. The van der Waals surface area contributed by atoms with Crippen molar-refractivity contribution < 1.29 is 4.79 Å². The topological polar surface area (TPSA) is 45.8 Å². The standard InChI is InChI=1S/C18H14N2O/c19-12-15-6-7-16-8-9-20(18(16)11-15)13-17(21)10-14-4-2-1-3-5-14/h1-9,11H,10,13H2. The first-order valence-corrected chi connectivity index (χ1v) is 6.81. The Labute approximate surface area is 123 Å². The Morgan fingerprint density at radius 1 is 1.10 bits per heavy atom. The second-order valence-corrected chi connectivity index (χ2v) is 5.03. The third-order valence-electron chi connectivity index (χ3n) is 3.49. The lowest BCUT2D eigenvalue weighted by Gasteiger charge is -2.05. The highest BCUT2D eigenvalue weighted by molar-refractivity contribution is 5.85. The van der Waals surface area contributed by atoms with Crippen LogP contribution < -0.4 is 0 Å². The summed E-state index contributed by atoms with van der Waals surface area (Å²) in [5, 5.41) is 10.0. The van der Waals surface area contributed by atoms with E-state index in [0.29, 0.717) is 18.5 Å². The van der Waals surface area contributed by atoms with E-state index in [1.165, 1.54) is 0 Å². The van der Waals surface area contributed by atoms with Gasteiger partial charge in [0, 0.05) is 18.1 Å². The highest BCUT2D eigenvalue weighted by atomic mass is 16.1. The van der Waals surface area contributed by atoms with Gasteiger partial charge in [0.1, 0.15) is 0 Å². The smallest absolute Gasteiger partial charge is 0.156 e. The van der Waals surface area contributed by atoms with E-state index in [2.05, 4.69) is 6.07 Å². The van der Waals surface area contributed by atoms with Crippen molar-refractivity contribution in [3.8, 4) is 6.07 Å². The Morgan fingerprint density at radius 2 is 1.90 bits per heavy atom. The average Bonchev–Trinajstić information content (AvgIpc) is 2.90. The van der Waals surface area contributed by atoms with Gasteiger partial charge in [0.15, 0.2) is 5.78 Å². The van der Waals surface area contributed by atoms with Crippen molar-refractivity contribution in [2.45, 2.75) is 13.0 Å². The fourth-order valence-corrected chi connectivity index (χ4v) is 2.46. The van der Waals surface area contributed by atoms with Crippen LogP contribution in [0.1, 0.15) is 11.1 Å². The maximum Gasteiger partial charge on any atom is 0.156 e. The van der Waals surface area contributed by atoms with Crippen LogP contribution >= 0.6 is 0 Å². The van der Waals surface area contributed by atoms with E-state index in [0.717, 1.165) is 16.5 Å². The summed E-state index contributed by atoms with van der Waals surface area (Å²) in [6.45, 7) is 0.327. The van der Waals surface area contributed by atoms with Crippen molar-refractivity contribution in [3.63, 3.8) is 0 Å². The van der Waals surface area contributed by atoms with Gasteiger partial charge in [-0.25, -0.2) is 0 Å². The molecule has 3 aromatic rings. The Bertz CT molecular complexity index is 825. The minimum Gasteiger partial charge on any atom is -0.340 e. The number of hydrogen-bond donors (Lipinski definition) is 0. The molecule has 21 heavy (non-hydrogen) atoms. The largest absolute Gasteiger partial charge is 0.340 e. The lowest BCUT2D eigenvalue weighted by molar-refractivity contribution is -0.118. The molecule has 3 heteroatoms. The molecule has 0 amide bonds. The van der Waals surface area contributed by atoms with E-state index in [1.807, 2.05) is 59.3 Å². The fourth-order valence-electron chi connectivity index (χ4n) is 2.46. The van der Waals surface area contributed by atoms with Crippen LogP contribution in [0.5, 0.6) is 0 Å². The number of Topliss-reactive ketones (excluding diaryl/α,β-unsaturated/α-hetero) is 1. The van der Waals surface area contributed by atoms with Crippen LogP contribution in [0.4, 0.5) is 0 Å². The number of nitriles is 1. The fraction of sp³-hybridized carbons (Fsp3) is 0.111. The Balaban J connectivity index is 1.81. The van der Waals surface area contributed by atoms with Crippen LogP contribution in [0.25, 0.3) is 10.9 Å². The molecule has 2 aromatic carbocycles. The molecular weight excluding hydrogens is 260 g/mol. The zero-order valence-electron chi connectivity index (χ0n) is 11.5. The molecule has 0 fully saturated rings. The lowest BCUT2D eigenvalue weighted by Crippen LogP contribution is -2.11. The summed E-state index contributed by atoms with van der Waals surface area (Å²) in [6, 6.07) is 19.4. The molecule has 3 rings (SSSR count). The van der Waals surface area contributed by atoms with Crippen LogP contribution in [0.15, 0.2) is 60.8 Å². The van der Waals surface area contributed by atoms with E-state index in [4.69, 9.17) is 5.26 Å². The second kappa shape index (κ2) is 5.64. The SMILES string of the molecule is N#Cc1ccc2ccn(CC(=O)Cc3ccccc3)c2c1. The molecule has 0 spiro atoms. The molecule has 1 heterocycles. The quantitative estimate of drug-likeness (QED) is 0.732. The summed E-state index contributed by atoms with van der Waals surface area (Å²) in [5.74, 6) is 0.154.